The van der Waals surface area contributed by atoms with Crippen molar-refractivity contribution in [2.24, 2.45) is 0 Å². The Morgan fingerprint density at radius 3 is 2.60 bits per heavy atom. The Morgan fingerprint density at radius 1 is 1.20 bits per heavy atom. The highest BCUT2D eigenvalue weighted by Crippen LogP contribution is 2.21. The molecule has 0 bridgehead atoms. The van der Waals surface area contributed by atoms with Crippen LogP contribution in [0.2, 0.25) is 0 Å². The van der Waals surface area contributed by atoms with Crippen LogP contribution in [0.5, 0.6) is 0 Å². The summed E-state index contributed by atoms with van der Waals surface area (Å²) in [6.45, 7) is 5.32. The number of nitrogens with zero attached hydrogens (tertiary/aromatic N) is 1. The number of hydrogen-bond acceptors (Lipinski definition) is 2. The Labute approximate surface area is 135 Å². The van der Waals surface area contributed by atoms with E-state index in [0.717, 1.165) is 25.1 Å². The lowest BCUT2D eigenvalue weighted by molar-refractivity contribution is 0.525. The van der Waals surface area contributed by atoms with Gasteiger partial charge in [-0.3, -0.25) is 4.98 Å². The molecule has 0 amide bonds. The minimum absolute atomic E-state index is 0.337. The van der Waals surface area contributed by atoms with Crippen LogP contribution in [-0.2, 0) is 6.42 Å². The highest BCUT2D eigenvalue weighted by Gasteiger charge is 2.14. The van der Waals surface area contributed by atoms with Crippen LogP contribution in [0, 0.1) is 10.5 Å². The van der Waals surface area contributed by atoms with E-state index in [0.29, 0.717) is 6.04 Å². The topological polar surface area (TPSA) is 24.9 Å². The minimum atomic E-state index is 0.337. The molecule has 106 valence electrons. The molecule has 1 atom stereocenters. The number of rotatable bonds is 6. The van der Waals surface area contributed by atoms with Gasteiger partial charge in [-0.2, -0.15) is 0 Å². The molecule has 0 spiro atoms. The molecule has 1 heterocycles. The molecule has 3 heteroatoms. The molecule has 0 radical (unpaired) electrons. The van der Waals surface area contributed by atoms with Crippen LogP contribution in [0.1, 0.15) is 36.2 Å². The molecule has 0 fully saturated rings. The first-order chi connectivity index (χ1) is 9.70. The third kappa shape index (κ3) is 4.28. The van der Waals surface area contributed by atoms with E-state index in [4.69, 9.17) is 0 Å². The van der Waals surface area contributed by atoms with Crippen molar-refractivity contribution in [3.63, 3.8) is 0 Å². The number of pyridine rings is 1. The van der Waals surface area contributed by atoms with Gasteiger partial charge in [-0.05, 0) is 78.2 Å². The van der Waals surface area contributed by atoms with Gasteiger partial charge in [-0.15, -0.1) is 0 Å². The fourth-order valence-electron chi connectivity index (χ4n) is 2.33. The molecular weight excluding hydrogens is 359 g/mol. The van der Waals surface area contributed by atoms with Gasteiger partial charge >= 0.3 is 0 Å². The third-order valence-corrected chi connectivity index (χ3v) is 4.14. The normalized spacial score (nSPS) is 12.3. The van der Waals surface area contributed by atoms with E-state index < -0.39 is 0 Å². The van der Waals surface area contributed by atoms with Crippen LogP contribution in [0.4, 0.5) is 0 Å². The Kier molecular flexibility index (Phi) is 5.98. The molecule has 1 N–H and O–H groups in total. The maximum Gasteiger partial charge on any atom is 0.0420 e. The zero-order valence-corrected chi connectivity index (χ0v) is 14.2. The standard InChI is InChI=1S/C17H21IN2/c1-3-10-20-17(16-5-4-11-19-13(16)2)12-14-6-8-15(18)9-7-14/h4-9,11,17,20H,3,10,12H2,1-2H3. The summed E-state index contributed by atoms with van der Waals surface area (Å²) in [5.41, 5.74) is 3.79. The van der Waals surface area contributed by atoms with E-state index in [1.54, 1.807) is 0 Å². The molecule has 0 aliphatic heterocycles. The fourth-order valence-corrected chi connectivity index (χ4v) is 2.69. The van der Waals surface area contributed by atoms with Crippen molar-refractivity contribution in [2.45, 2.75) is 32.7 Å². The molecule has 0 aliphatic rings. The zero-order valence-electron chi connectivity index (χ0n) is 12.1. The summed E-state index contributed by atoms with van der Waals surface area (Å²) >= 11 is 2.34. The highest BCUT2D eigenvalue weighted by atomic mass is 127. The summed E-state index contributed by atoms with van der Waals surface area (Å²) in [7, 11) is 0. The molecule has 2 rings (SSSR count). The van der Waals surface area contributed by atoms with Crippen LogP contribution < -0.4 is 5.32 Å². The van der Waals surface area contributed by atoms with E-state index in [1.807, 2.05) is 12.3 Å². The Morgan fingerprint density at radius 2 is 1.95 bits per heavy atom. The van der Waals surface area contributed by atoms with Crippen molar-refractivity contribution in [1.82, 2.24) is 10.3 Å². The molecule has 0 saturated heterocycles. The first-order valence-corrected chi connectivity index (χ1v) is 8.18. The first kappa shape index (κ1) is 15.4. The molecule has 1 aromatic heterocycles. The predicted molar refractivity (Wildman–Crippen MR) is 92.9 cm³/mol. The van der Waals surface area contributed by atoms with Crippen molar-refractivity contribution in [3.05, 3.63) is 63.0 Å². The first-order valence-electron chi connectivity index (χ1n) is 7.10. The molecular formula is C17H21IN2. The average Bonchev–Trinajstić information content (AvgIpc) is 2.46. The molecule has 2 nitrogen and oxygen atoms in total. The maximum absolute atomic E-state index is 4.42. The second-order valence-corrected chi connectivity index (χ2v) is 6.26. The summed E-state index contributed by atoms with van der Waals surface area (Å²) in [5, 5.41) is 3.65. The van der Waals surface area contributed by atoms with Crippen molar-refractivity contribution in [3.8, 4) is 0 Å². The lowest BCUT2D eigenvalue weighted by Gasteiger charge is -2.20. The predicted octanol–water partition coefficient (Wildman–Crippen LogP) is 4.28. The monoisotopic (exact) mass is 380 g/mol. The van der Waals surface area contributed by atoms with Crippen molar-refractivity contribution in [1.29, 1.82) is 0 Å². The molecule has 0 saturated carbocycles. The lowest BCUT2D eigenvalue weighted by atomic mass is 9.98. The van der Waals surface area contributed by atoms with Crippen molar-refractivity contribution < 1.29 is 0 Å². The van der Waals surface area contributed by atoms with Gasteiger partial charge in [0.05, 0.1) is 0 Å². The molecule has 2 aromatic rings. The summed E-state index contributed by atoms with van der Waals surface area (Å²) < 4.78 is 1.28. The largest absolute Gasteiger partial charge is 0.310 e. The summed E-state index contributed by atoms with van der Waals surface area (Å²) in [6, 6.07) is 13.3. The number of halogens is 1. The maximum atomic E-state index is 4.42. The lowest BCUT2D eigenvalue weighted by Crippen LogP contribution is -2.25. The SMILES string of the molecule is CCCNC(Cc1ccc(I)cc1)c1cccnc1C. The Balaban J connectivity index is 2.19. The number of aryl methyl sites for hydroxylation is 1. The van der Waals surface area contributed by atoms with E-state index in [2.05, 4.69) is 77.1 Å². The summed E-state index contributed by atoms with van der Waals surface area (Å²) in [6.07, 6.45) is 4.01. The van der Waals surface area contributed by atoms with E-state index in [9.17, 15) is 0 Å². The van der Waals surface area contributed by atoms with Gasteiger partial charge in [0, 0.05) is 21.5 Å². The van der Waals surface area contributed by atoms with Gasteiger partial charge in [0.2, 0.25) is 0 Å². The van der Waals surface area contributed by atoms with Gasteiger partial charge in [-0.1, -0.05) is 25.1 Å². The van der Waals surface area contributed by atoms with Crippen LogP contribution in [0.15, 0.2) is 42.6 Å². The Bertz CT molecular complexity index is 537. The second kappa shape index (κ2) is 7.74. The number of benzene rings is 1. The van der Waals surface area contributed by atoms with Crippen LogP contribution in [0.25, 0.3) is 0 Å². The van der Waals surface area contributed by atoms with Gasteiger partial charge in [0.1, 0.15) is 0 Å². The number of aromatic nitrogens is 1. The number of nitrogens with one attached hydrogen (secondary N) is 1. The fraction of sp³-hybridized carbons (Fsp3) is 0.353. The second-order valence-electron chi connectivity index (χ2n) is 5.02. The Hall–Kier alpha value is -0.940. The van der Waals surface area contributed by atoms with Gasteiger partial charge < -0.3 is 5.32 Å². The summed E-state index contributed by atoms with van der Waals surface area (Å²) in [4.78, 5) is 4.42. The van der Waals surface area contributed by atoms with E-state index in [1.165, 1.54) is 14.7 Å². The van der Waals surface area contributed by atoms with E-state index in [-0.39, 0.29) is 0 Å². The van der Waals surface area contributed by atoms with E-state index >= 15 is 0 Å². The highest BCUT2D eigenvalue weighted by molar-refractivity contribution is 14.1. The van der Waals surface area contributed by atoms with Crippen molar-refractivity contribution >= 4 is 22.6 Å². The quantitative estimate of drug-likeness (QED) is 0.757. The average molecular weight is 380 g/mol. The molecule has 20 heavy (non-hydrogen) atoms. The van der Waals surface area contributed by atoms with Crippen LogP contribution in [-0.4, -0.2) is 11.5 Å². The van der Waals surface area contributed by atoms with Crippen LogP contribution in [0.3, 0.4) is 0 Å². The third-order valence-electron chi connectivity index (χ3n) is 3.42. The smallest absolute Gasteiger partial charge is 0.0420 e. The summed E-state index contributed by atoms with van der Waals surface area (Å²) in [5.74, 6) is 0. The van der Waals surface area contributed by atoms with Crippen LogP contribution >= 0.6 is 22.6 Å². The zero-order chi connectivity index (χ0) is 14.4. The minimum Gasteiger partial charge on any atom is -0.310 e. The van der Waals surface area contributed by atoms with Gasteiger partial charge in [0.25, 0.3) is 0 Å². The van der Waals surface area contributed by atoms with Crippen molar-refractivity contribution in [2.75, 3.05) is 6.54 Å². The number of hydrogen-bond donors (Lipinski definition) is 1. The molecule has 1 unspecified atom stereocenters. The van der Waals surface area contributed by atoms with Gasteiger partial charge in [0.15, 0.2) is 0 Å². The molecule has 1 aromatic carbocycles. The van der Waals surface area contributed by atoms with Gasteiger partial charge in [-0.25, -0.2) is 0 Å². The molecule has 0 aliphatic carbocycles.